The van der Waals surface area contributed by atoms with Crippen LogP contribution in [0.2, 0.25) is 0 Å². The van der Waals surface area contributed by atoms with Crippen LogP contribution in [0.5, 0.6) is 0 Å². The first-order chi connectivity index (χ1) is 9.10. The van der Waals surface area contributed by atoms with E-state index in [4.69, 9.17) is 11.0 Å². The van der Waals surface area contributed by atoms with Crippen molar-refractivity contribution in [3.63, 3.8) is 0 Å². The molecule has 1 heterocycles. The summed E-state index contributed by atoms with van der Waals surface area (Å²) in [6.07, 6.45) is 0.210. The van der Waals surface area contributed by atoms with Crippen molar-refractivity contribution in [1.82, 2.24) is 9.13 Å². The lowest BCUT2D eigenvalue weighted by Gasteiger charge is -2.12. The summed E-state index contributed by atoms with van der Waals surface area (Å²) in [4.78, 5) is 24.4. The van der Waals surface area contributed by atoms with Crippen molar-refractivity contribution < 1.29 is 0 Å². The van der Waals surface area contributed by atoms with Gasteiger partial charge in [-0.15, -0.1) is 0 Å². The predicted molar refractivity (Wildman–Crippen MR) is 72.8 cm³/mol. The number of nitriles is 1. The number of aryl methyl sites for hydroxylation is 1. The van der Waals surface area contributed by atoms with Crippen molar-refractivity contribution >= 4 is 16.6 Å². The summed E-state index contributed by atoms with van der Waals surface area (Å²) in [7, 11) is 0. The SMILES string of the molecule is CCn1c(=O)c2cc(N)ccc2n(CCC#N)c1=O. The Morgan fingerprint density at radius 1 is 1.32 bits per heavy atom. The maximum atomic E-state index is 12.2. The standard InChI is InChI=1S/C13H14N4O2/c1-2-16-12(18)10-8-9(15)4-5-11(10)17(13(16)19)7-3-6-14/h4-5,8H,2-3,7,15H2,1H3. The Morgan fingerprint density at radius 3 is 2.68 bits per heavy atom. The molecule has 0 aliphatic heterocycles. The van der Waals surface area contributed by atoms with Crippen LogP contribution >= 0.6 is 0 Å². The second kappa shape index (κ2) is 4.98. The highest BCUT2D eigenvalue weighted by molar-refractivity contribution is 5.81. The molecule has 6 nitrogen and oxygen atoms in total. The minimum absolute atomic E-state index is 0.210. The molecule has 98 valence electrons. The number of rotatable bonds is 3. The average Bonchev–Trinajstić information content (AvgIpc) is 2.40. The molecule has 2 N–H and O–H groups in total. The summed E-state index contributed by atoms with van der Waals surface area (Å²) in [6.45, 7) is 2.28. The van der Waals surface area contributed by atoms with Gasteiger partial charge in [-0.2, -0.15) is 5.26 Å². The van der Waals surface area contributed by atoms with Crippen molar-refractivity contribution in [3.8, 4) is 6.07 Å². The first-order valence-electron chi connectivity index (χ1n) is 6.00. The van der Waals surface area contributed by atoms with Gasteiger partial charge in [-0.25, -0.2) is 4.79 Å². The van der Waals surface area contributed by atoms with Crippen molar-refractivity contribution in [2.45, 2.75) is 26.4 Å². The molecule has 0 unspecified atom stereocenters. The number of fused-ring (bicyclic) bond motifs is 1. The van der Waals surface area contributed by atoms with Gasteiger partial charge in [-0.3, -0.25) is 13.9 Å². The lowest BCUT2D eigenvalue weighted by atomic mass is 10.2. The molecule has 0 bridgehead atoms. The Balaban J connectivity index is 2.90. The summed E-state index contributed by atoms with van der Waals surface area (Å²) in [5, 5.41) is 9.06. The van der Waals surface area contributed by atoms with E-state index in [1.165, 1.54) is 4.57 Å². The minimum atomic E-state index is -0.389. The molecule has 0 saturated heterocycles. The van der Waals surface area contributed by atoms with Crippen molar-refractivity contribution in [2.75, 3.05) is 5.73 Å². The Morgan fingerprint density at radius 2 is 2.05 bits per heavy atom. The Kier molecular flexibility index (Phi) is 3.38. The number of hydrogen-bond acceptors (Lipinski definition) is 4. The number of nitrogens with two attached hydrogens (primary N) is 1. The van der Waals surface area contributed by atoms with Gasteiger partial charge in [0.1, 0.15) is 0 Å². The second-order valence-electron chi connectivity index (χ2n) is 4.17. The van der Waals surface area contributed by atoms with Crippen LogP contribution in [0.1, 0.15) is 13.3 Å². The molecule has 0 aliphatic carbocycles. The summed E-state index contributed by atoms with van der Waals surface area (Å²) < 4.78 is 2.60. The number of anilines is 1. The third-order valence-corrected chi connectivity index (χ3v) is 3.01. The predicted octanol–water partition coefficient (Wildman–Crippen LogP) is 0.679. The smallest absolute Gasteiger partial charge is 0.331 e. The third-order valence-electron chi connectivity index (χ3n) is 3.01. The fraction of sp³-hybridized carbons (Fsp3) is 0.308. The van der Waals surface area contributed by atoms with Crippen LogP contribution in [0, 0.1) is 11.3 Å². The zero-order valence-electron chi connectivity index (χ0n) is 10.6. The highest BCUT2D eigenvalue weighted by Gasteiger charge is 2.11. The molecule has 0 aliphatic rings. The van der Waals surface area contributed by atoms with Gasteiger partial charge >= 0.3 is 5.69 Å². The molecule has 2 rings (SSSR count). The first-order valence-corrected chi connectivity index (χ1v) is 6.00. The van der Waals surface area contributed by atoms with Gasteiger partial charge in [0.05, 0.1) is 23.4 Å². The molecule has 0 spiro atoms. The summed E-state index contributed by atoms with van der Waals surface area (Å²) in [5.41, 5.74) is 5.94. The van der Waals surface area contributed by atoms with Gasteiger partial charge in [0.2, 0.25) is 0 Å². The second-order valence-corrected chi connectivity index (χ2v) is 4.17. The van der Waals surface area contributed by atoms with E-state index in [1.807, 2.05) is 6.07 Å². The first kappa shape index (κ1) is 12.9. The molecule has 2 aromatic rings. The maximum absolute atomic E-state index is 12.2. The molecular weight excluding hydrogens is 244 g/mol. The van der Waals surface area contributed by atoms with E-state index >= 15 is 0 Å². The van der Waals surface area contributed by atoms with Crippen LogP contribution in [-0.2, 0) is 13.1 Å². The van der Waals surface area contributed by atoms with Crippen molar-refractivity contribution in [2.24, 2.45) is 0 Å². The molecule has 0 atom stereocenters. The van der Waals surface area contributed by atoms with Crippen LogP contribution in [0.4, 0.5) is 5.69 Å². The topological polar surface area (TPSA) is 93.8 Å². The minimum Gasteiger partial charge on any atom is -0.399 e. The van der Waals surface area contributed by atoms with Crippen molar-refractivity contribution in [3.05, 3.63) is 39.0 Å². The number of hydrogen-bond donors (Lipinski definition) is 1. The fourth-order valence-electron chi connectivity index (χ4n) is 2.10. The molecule has 0 saturated carbocycles. The van der Waals surface area contributed by atoms with Crippen LogP contribution in [0.3, 0.4) is 0 Å². The van der Waals surface area contributed by atoms with E-state index in [0.717, 1.165) is 4.57 Å². The van der Waals surface area contributed by atoms with E-state index < -0.39 is 0 Å². The molecule has 6 heteroatoms. The van der Waals surface area contributed by atoms with Crippen LogP contribution in [0.15, 0.2) is 27.8 Å². The Bertz CT molecular complexity index is 780. The average molecular weight is 258 g/mol. The van der Waals surface area contributed by atoms with Crippen molar-refractivity contribution in [1.29, 1.82) is 5.26 Å². The fourth-order valence-corrected chi connectivity index (χ4v) is 2.10. The summed E-state index contributed by atoms with van der Waals surface area (Å²) >= 11 is 0. The van der Waals surface area contributed by atoms with E-state index in [0.29, 0.717) is 16.6 Å². The number of nitrogen functional groups attached to an aromatic ring is 1. The zero-order valence-corrected chi connectivity index (χ0v) is 10.6. The highest BCUT2D eigenvalue weighted by Crippen LogP contribution is 2.12. The van der Waals surface area contributed by atoms with Gasteiger partial charge < -0.3 is 5.73 Å². The molecule has 0 radical (unpaired) electrons. The van der Waals surface area contributed by atoms with Gasteiger partial charge in [-0.1, -0.05) is 0 Å². The number of aromatic nitrogens is 2. The third kappa shape index (κ3) is 2.10. The molecule has 0 fully saturated rings. The normalized spacial score (nSPS) is 10.5. The Labute approximate surface area is 109 Å². The number of nitrogens with zero attached hydrogens (tertiary/aromatic N) is 3. The Hall–Kier alpha value is -2.55. The lowest BCUT2D eigenvalue weighted by molar-refractivity contribution is 0.595. The van der Waals surface area contributed by atoms with Gasteiger partial charge in [0, 0.05) is 18.8 Å². The summed E-state index contributed by atoms with van der Waals surface area (Å²) in [6, 6.07) is 6.84. The van der Waals surface area contributed by atoms with E-state index in [-0.39, 0.29) is 30.8 Å². The highest BCUT2D eigenvalue weighted by atomic mass is 16.2. The summed E-state index contributed by atoms with van der Waals surface area (Å²) in [5.74, 6) is 0. The monoisotopic (exact) mass is 258 g/mol. The molecule has 1 aromatic carbocycles. The number of benzene rings is 1. The molecule has 0 amide bonds. The zero-order chi connectivity index (χ0) is 14.0. The quantitative estimate of drug-likeness (QED) is 0.819. The van der Waals surface area contributed by atoms with Gasteiger partial charge in [0.15, 0.2) is 0 Å². The van der Waals surface area contributed by atoms with Crippen LogP contribution in [0.25, 0.3) is 10.9 Å². The molecule has 19 heavy (non-hydrogen) atoms. The van der Waals surface area contributed by atoms with Crippen LogP contribution in [-0.4, -0.2) is 9.13 Å². The largest absolute Gasteiger partial charge is 0.399 e. The maximum Gasteiger partial charge on any atom is 0.331 e. The van der Waals surface area contributed by atoms with E-state index in [2.05, 4.69) is 0 Å². The molecule has 1 aromatic heterocycles. The van der Waals surface area contributed by atoms with E-state index in [1.54, 1.807) is 25.1 Å². The molecular formula is C13H14N4O2. The van der Waals surface area contributed by atoms with Gasteiger partial charge in [-0.05, 0) is 25.1 Å². The van der Waals surface area contributed by atoms with E-state index in [9.17, 15) is 9.59 Å². The lowest BCUT2D eigenvalue weighted by Crippen LogP contribution is -2.39. The van der Waals surface area contributed by atoms with Crippen LogP contribution < -0.4 is 17.0 Å². The van der Waals surface area contributed by atoms with Gasteiger partial charge in [0.25, 0.3) is 5.56 Å².